The van der Waals surface area contributed by atoms with E-state index < -0.39 is 0 Å². The third-order valence-electron chi connectivity index (χ3n) is 3.16. The van der Waals surface area contributed by atoms with Gasteiger partial charge in [0.05, 0.1) is 0 Å². The molecule has 0 spiro atoms. The van der Waals surface area contributed by atoms with Crippen LogP contribution in [-0.2, 0) is 0 Å². The molecule has 2 N–H and O–H groups in total. The minimum Gasteiger partial charge on any atom is -0.388 e. The van der Waals surface area contributed by atoms with Gasteiger partial charge in [-0.05, 0) is 35.4 Å². The van der Waals surface area contributed by atoms with Crippen molar-refractivity contribution in [1.82, 2.24) is 0 Å². The third kappa shape index (κ3) is 2.18. The zero-order valence-corrected chi connectivity index (χ0v) is 11.2. The van der Waals surface area contributed by atoms with Crippen molar-refractivity contribution in [3.8, 4) is 11.1 Å². The molecule has 0 bridgehead atoms. The van der Waals surface area contributed by atoms with Gasteiger partial charge in [-0.25, -0.2) is 0 Å². The van der Waals surface area contributed by atoms with Gasteiger partial charge in [-0.1, -0.05) is 18.2 Å². The maximum Gasteiger partial charge on any atom is 0.0479 e. The summed E-state index contributed by atoms with van der Waals surface area (Å²) in [5.74, 6) is 1.15. The minimum atomic E-state index is 1.06. The van der Waals surface area contributed by atoms with Gasteiger partial charge in [0.1, 0.15) is 0 Å². The summed E-state index contributed by atoms with van der Waals surface area (Å²) in [4.78, 5) is 1.36. The van der Waals surface area contributed by atoms with E-state index in [2.05, 4.69) is 53.1 Å². The van der Waals surface area contributed by atoms with Crippen molar-refractivity contribution in [2.75, 3.05) is 30.0 Å². The highest BCUT2D eigenvalue weighted by Gasteiger charge is 2.09. The van der Waals surface area contributed by atoms with E-state index in [9.17, 15) is 0 Å². The van der Waals surface area contributed by atoms with Crippen molar-refractivity contribution in [2.24, 2.45) is 0 Å². The molecular formula is C15H16N2S. The first-order valence-electron chi connectivity index (χ1n) is 6.16. The fraction of sp³-hybridized carbons (Fsp3) is 0.200. The van der Waals surface area contributed by atoms with Crippen molar-refractivity contribution in [3.63, 3.8) is 0 Å². The zero-order valence-electron chi connectivity index (χ0n) is 10.4. The average Bonchev–Trinajstić information content (AvgIpc) is 2.47. The van der Waals surface area contributed by atoms with Gasteiger partial charge >= 0.3 is 0 Å². The summed E-state index contributed by atoms with van der Waals surface area (Å²) in [6.07, 6.45) is 0. The van der Waals surface area contributed by atoms with Gasteiger partial charge in [0.15, 0.2) is 0 Å². The molecule has 3 rings (SSSR count). The smallest absolute Gasteiger partial charge is 0.0479 e. The Labute approximate surface area is 112 Å². The Morgan fingerprint density at radius 2 is 1.83 bits per heavy atom. The lowest BCUT2D eigenvalue weighted by atomic mass is 10.0. The summed E-state index contributed by atoms with van der Waals surface area (Å²) in [6.45, 7) is 1.06. The topological polar surface area (TPSA) is 24.1 Å². The normalized spacial score (nSPS) is 13.6. The zero-order chi connectivity index (χ0) is 12.4. The SMILES string of the molecule is CNc1ccc(-c2ccc3c(c2)SCCN3)cc1. The molecule has 0 atom stereocenters. The number of hydrogen-bond donors (Lipinski definition) is 2. The lowest BCUT2D eigenvalue weighted by Gasteiger charge is -2.18. The summed E-state index contributed by atoms with van der Waals surface area (Å²) >= 11 is 1.93. The van der Waals surface area contributed by atoms with Crippen LogP contribution < -0.4 is 10.6 Å². The molecule has 2 aromatic rings. The summed E-state index contributed by atoms with van der Waals surface area (Å²) in [5.41, 5.74) is 4.96. The number of hydrogen-bond acceptors (Lipinski definition) is 3. The van der Waals surface area contributed by atoms with Gasteiger partial charge in [0.25, 0.3) is 0 Å². The first kappa shape index (κ1) is 11.5. The van der Waals surface area contributed by atoms with E-state index in [4.69, 9.17) is 0 Å². The number of rotatable bonds is 2. The lowest BCUT2D eigenvalue weighted by molar-refractivity contribution is 1.17. The Morgan fingerprint density at radius 1 is 1.06 bits per heavy atom. The highest BCUT2D eigenvalue weighted by atomic mass is 32.2. The van der Waals surface area contributed by atoms with Crippen LogP contribution in [0.4, 0.5) is 11.4 Å². The van der Waals surface area contributed by atoms with E-state index in [-0.39, 0.29) is 0 Å². The Balaban J connectivity index is 1.95. The summed E-state index contributed by atoms with van der Waals surface area (Å²) in [6, 6.07) is 15.2. The quantitative estimate of drug-likeness (QED) is 0.851. The molecule has 0 saturated heterocycles. The molecule has 1 aliphatic heterocycles. The van der Waals surface area contributed by atoms with Crippen molar-refractivity contribution < 1.29 is 0 Å². The van der Waals surface area contributed by atoms with E-state index >= 15 is 0 Å². The Bertz CT molecular complexity index is 549. The molecule has 0 amide bonds. The van der Waals surface area contributed by atoms with E-state index in [1.54, 1.807) is 0 Å². The molecule has 1 heterocycles. The van der Waals surface area contributed by atoms with Crippen LogP contribution in [0.3, 0.4) is 0 Å². The molecule has 0 saturated carbocycles. The maximum absolute atomic E-state index is 3.43. The van der Waals surface area contributed by atoms with Crippen LogP contribution in [-0.4, -0.2) is 19.3 Å². The third-order valence-corrected chi connectivity index (χ3v) is 4.22. The van der Waals surface area contributed by atoms with Crippen LogP contribution >= 0.6 is 11.8 Å². The second kappa shape index (κ2) is 4.94. The average molecular weight is 256 g/mol. The van der Waals surface area contributed by atoms with Crippen molar-refractivity contribution in [1.29, 1.82) is 0 Å². The molecule has 92 valence electrons. The molecule has 18 heavy (non-hydrogen) atoms. The maximum atomic E-state index is 3.43. The van der Waals surface area contributed by atoms with Crippen molar-refractivity contribution >= 4 is 23.1 Å². The summed E-state index contributed by atoms with van der Waals surface area (Å²) in [7, 11) is 1.94. The molecule has 0 aromatic heterocycles. The van der Waals surface area contributed by atoms with Crippen LogP contribution in [0.5, 0.6) is 0 Å². The molecular weight excluding hydrogens is 240 g/mol. The van der Waals surface area contributed by atoms with E-state index in [1.807, 2.05) is 18.8 Å². The van der Waals surface area contributed by atoms with Gasteiger partial charge in [0.2, 0.25) is 0 Å². The Kier molecular flexibility index (Phi) is 3.15. The largest absolute Gasteiger partial charge is 0.388 e. The Morgan fingerprint density at radius 3 is 2.61 bits per heavy atom. The number of nitrogens with one attached hydrogen (secondary N) is 2. The molecule has 3 heteroatoms. The van der Waals surface area contributed by atoms with Gasteiger partial charge in [-0.2, -0.15) is 0 Å². The lowest BCUT2D eigenvalue weighted by Crippen LogP contribution is -2.09. The molecule has 2 nitrogen and oxygen atoms in total. The molecule has 0 fully saturated rings. The fourth-order valence-corrected chi connectivity index (χ4v) is 3.07. The number of thioether (sulfide) groups is 1. The van der Waals surface area contributed by atoms with Gasteiger partial charge in [-0.15, -0.1) is 11.8 Å². The van der Waals surface area contributed by atoms with E-state index in [1.165, 1.54) is 21.7 Å². The number of anilines is 2. The highest BCUT2D eigenvalue weighted by molar-refractivity contribution is 7.99. The Hall–Kier alpha value is -1.61. The van der Waals surface area contributed by atoms with E-state index in [0.717, 1.165) is 18.0 Å². The van der Waals surface area contributed by atoms with Crippen molar-refractivity contribution in [2.45, 2.75) is 4.90 Å². The van der Waals surface area contributed by atoms with Crippen LogP contribution in [0.25, 0.3) is 11.1 Å². The molecule has 0 unspecified atom stereocenters. The van der Waals surface area contributed by atoms with Gasteiger partial charge in [-0.3, -0.25) is 0 Å². The minimum absolute atomic E-state index is 1.06. The fourth-order valence-electron chi connectivity index (χ4n) is 2.14. The van der Waals surface area contributed by atoms with Crippen LogP contribution in [0, 0.1) is 0 Å². The predicted octanol–water partition coefficient (Wildman–Crippen LogP) is 3.91. The first-order valence-corrected chi connectivity index (χ1v) is 7.14. The molecule has 2 aromatic carbocycles. The van der Waals surface area contributed by atoms with E-state index in [0.29, 0.717) is 0 Å². The van der Waals surface area contributed by atoms with Crippen LogP contribution in [0.2, 0.25) is 0 Å². The number of fused-ring (bicyclic) bond motifs is 1. The molecule has 1 aliphatic rings. The summed E-state index contributed by atoms with van der Waals surface area (Å²) < 4.78 is 0. The van der Waals surface area contributed by atoms with Gasteiger partial charge in [0, 0.05) is 35.6 Å². The monoisotopic (exact) mass is 256 g/mol. The molecule has 0 aliphatic carbocycles. The summed E-state index contributed by atoms with van der Waals surface area (Å²) in [5, 5.41) is 6.57. The highest BCUT2D eigenvalue weighted by Crippen LogP contribution is 2.34. The van der Waals surface area contributed by atoms with Crippen molar-refractivity contribution in [3.05, 3.63) is 42.5 Å². The second-order valence-electron chi connectivity index (χ2n) is 4.31. The predicted molar refractivity (Wildman–Crippen MR) is 80.6 cm³/mol. The first-order chi connectivity index (χ1) is 8.86. The standard InChI is InChI=1S/C15H16N2S/c1-16-13-5-2-11(3-6-13)12-4-7-14-15(10-12)18-9-8-17-14/h2-7,10,16-17H,8-9H2,1H3. The van der Waals surface area contributed by atoms with Gasteiger partial charge < -0.3 is 10.6 Å². The molecule has 0 radical (unpaired) electrons. The van der Waals surface area contributed by atoms with Crippen LogP contribution in [0.15, 0.2) is 47.4 Å². The van der Waals surface area contributed by atoms with Crippen LogP contribution in [0.1, 0.15) is 0 Å². The second-order valence-corrected chi connectivity index (χ2v) is 5.45. The number of benzene rings is 2.